The molecule has 0 amide bonds. The van der Waals surface area contributed by atoms with Crippen LogP contribution in [0.5, 0.6) is 5.75 Å². The van der Waals surface area contributed by atoms with Crippen LogP contribution in [0, 0.1) is 6.92 Å². The van der Waals surface area contributed by atoms with Crippen LogP contribution in [0.3, 0.4) is 0 Å². The summed E-state index contributed by atoms with van der Waals surface area (Å²) in [6.45, 7) is 1.39. The highest BCUT2D eigenvalue weighted by Gasteiger charge is 2.23. The molecule has 0 saturated heterocycles. The van der Waals surface area contributed by atoms with Crippen LogP contribution >= 0.6 is 11.6 Å². The number of nitrogens with zero attached hydrogens (tertiary/aromatic N) is 1. The van der Waals surface area contributed by atoms with E-state index in [1.807, 2.05) is 6.92 Å². The molecule has 0 atom stereocenters. The summed E-state index contributed by atoms with van der Waals surface area (Å²) < 4.78 is 36.3. The first-order chi connectivity index (χ1) is 12.2. The molecule has 0 aliphatic carbocycles. The average molecular weight is 398 g/mol. The third-order valence-electron chi connectivity index (χ3n) is 3.71. The van der Waals surface area contributed by atoms with Crippen molar-refractivity contribution in [3.8, 4) is 5.75 Å². The van der Waals surface area contributed by atoms with E-state index in [1.54, 1.807) is 30.3 Å². The summed E-state index contributed by atoms with van der Waals surface area (Å²) in [6, 6.07) is 11.4. The molecule has 0 heterocycles. The Morgan fingerprint density at radius 2 is 1.81 bits per heavy atom. The van der Waals surface area contributed by atoms with Gasteiger partial charge in [0.1, 0.15) is 18.9 Å². The molecule has 0 radical (unpaired) electrons. The number of likely N-dealkylation sites (N-methyl/N-ethyl adjacent to an activating group) is 1. The number of aryl methyl sites for hydroxylation is 1. The van der Waals surface area contributed by atoms with Crippen molar-refractivity contribution in [3.63, 3.8) is 0 Å². The number of ether oxygens (including phenoxy) is 2. The van der Waals surface area contributed by atoms with Gasteiger partial charge < -0.3 is 9.47 Å². The zero-order valence-electron chi connectivity index (χ0n) is 14.7. The fourth-order valence-electron chi connectivity index (χ4n) is 2.22. The van der Waals surface area contributed by atoms with E-state index in [0.29, 0.717) is 16.3 Å². The molecule has 140 valence electrons. The topological polar surface area (TPSA) is 72.9 Å². The Kier molecular flexibility index (Phi) is 6.63. The lowest BCUT2D eigenvalue weighted by atomic mass is 10.2. The minimum absolute atomic E-state index is 0.0685. The van der Waals surface area contributed by atoms with E-state index in [0.717, 1.165) is 9.87 Å². The molecular weight excluding hydrogens is 378 g/mol. The zero-order chi connectivity index (χ0) is 19.3. The van der Waals surface area contributed by atoms with Gasteiger partial charge in [-0.2, -0.15) is 4.31 Å². The number of methoxy groups -OCH3 is 1. The summed E-state index contributed by atoms with van der Waals surface area (Å²) in [5, 5.41) is 0.482. The Bertz CT molecular complexity index is 881. The number of halogens is 1. The van der Waals surface area contributed by atoms with Gasteiger partial charge in [-0.05, 0) is 37.3 Å². The van der Waals surface area contributed by atoms with Crippen LogP contribution in [-0.4, -0.2) is 39.4 Å². The molecule has 2 aromatic carbocycles. The quantitative estimate of drug-likeness (QED) is 0.671. The summed E-state index contributed by atoms with van der Waals surface area (Å²) in [5.74, 6) is -0.145. The fourth-order valence-corrected chi connectivity index (χ4v) is 3.53. The Morgan fingerprint density at radius 1 is 1.15 bits per heavy atom. The van der Waals surface area contributed by atoms with Crippen molar-refractivity contribution in [2.75, 3.05) is 20.7 Å². The van der Waals surface area contributed by atoms with Gasteiger partial charge >= 0.3 is 5.97 Å². The standard InChI is InChI=1S/C18H20ClNO5S/c1-13-4-7-16(8-5-13)26(22,23)20(2)11-18(21)25-12-14-10-15(19)6-9-17(14)24-3/h4-10H,11-12H2,1-3H3. The Balaban J connectivity index is 2.01. The highest BCUT2D eigenvalue weighted by Crippen LogP contribution is 2.23. The minimum atomic E-state index is -3.77. The summed E-state index contributed by atoms with van der Waals surface area (Å²) >= 11 is 5.93. The molecule has 0 bridgehead atoms. The van der Waals surface area contributed by atoms with Crippen LogP contribution in [0.15, 0.2) is 47.4 Å². The summed E-state index contributed by atoms with van der Waals surface area (Å²) in [6.07, 6.45) is 0. The van der Waals surface area contributed by atoms with Gasteiger partial charge in [0.15, 0.2) is 0 Å². The van der Waals surface area contributed by atoms with Crippen molar-refractivity contribution in [2.24, 2.45) is 0 Å². The van der Waals surface area contributed by atoms with Crippen LogP contribution in [0.2, 0.25) is 5.02 Å². The Labute approximate surface area is 158 Å². The van der Waals surface area contributed by atoms with E-state index in [1.165, 1.54) is 26.3 Å². The van der Waals surface area contributed by atoms with Gasteiger partial charge in [-0.3, -0.25) is 4.79 Å². The number of carbonyl (C=O) groups is 1. The highest BCUT2D eigenvalue weighted by molar-refractivity contribution is 7.89. The number of sulfonamides is 1. The van der Waals surface area contributed by atoms with Crippen molar-refractivity contribution in [3.05, 3.63) is 58.6 Å². The van der Waals surface area contributed by atoms with Gasteiger partial charge in [0, 0.05) is 17.6 Å². The van der Waals surface area contributed by atoms with Crippen LogP contribution in [-0.2, 0) is 26.2 Å². The average Bonchev–Trinajstić information content (AvgIpc) is 2.60. The lowest BCUT2D eigenvalue weighted by molar-refractivity contribution is -0.144. The first-order valence-corrected chi connectivity index (χ1v) is 9.57. The molecule has 6 nitrogen and oxygen atoms in total. The maximum Gasteiger partial charge on any atom is 0.321 e. The van der Waals surface area contributed by atoms with E-state index >= 15 is 0 Å². The fraction of sp³-hybridized carbons (Fsp3) is 0.278. The third kappa shape index (κ3) is 4.97. The minimum Gasteiger partial charge on any atom is -0.496 e. The first-order valence-electron chi connectivity index (χ1n) is 7.75. The van der Waals surface area contributed by atoms with Gasteiger partial charge in [-0.25, -0.2) is 8.42 Å². The van der Waals surface area contributed by atoms with E-state index in [2.05, 4.69) is 0 Å². The number of carbonyl (C=O) groups excluding carboxylic acids is 1. The summed E-state index contributed by atoms with van der Waals surface area (Å²) in [7, 11) is -0.940. The summed E-state index contributed by atoms with van der Waals surface area (Å²) in [5.41, 5.74) is 1.54. The van der Waals surface area contributed by atoms with Crippen molar-refractivity contribution in [1.82, 2.24) is 4.31 Å². The van der Waals surface area contributed by atoms with Crippen molar-refractivity contribution < 1.29 is 22.7 Å². The first kappa shape index (κ1) is 20.2. The van der Waals surface area contributed by atoms with E-state index in [4.69, 9.17) is 21.1 Å². The van der Waals surface area contributed by atoms with Crippen LogP contribution in [0.25, 0.3) is 0 Å². The molecule has 2 rings (SSSR count). The second-order valence-corrected chi connectivity index (χ2v) is 8.17. The molecule has 0 saturated carbocycles. The lowest BCUT2D eigenvalue weighted by Gasteiger charge is -2.17. The molecule has 8 heteroatoms. The monoisotopic (exact) mass is 397 g/mol. The van der Waals surface area contributed by atoms with E-state index < -0.39 is 22.5 Å². The van der Waals surface area contributed by atoms with Crippen LogP contribution < -0.4 is 4.74 Å². The Hall–Kier alpha value is -2.09. The van der Waals surface area contributed by atoms with Crippen LogP contribution in [0.4, 0.5) is 0 Å². The maximum atomic E-state index is 12.5. The predicted octanol–water partition coefficient (Wildman–Crippen LogP) is 3.02. The SMILES string of the molecule is COc1ccc(Cl)cc1COC(=O)CN(C)S(=O)(=O)c1ccc(C)cc1. The Morgan fingerprint density at radius 3 is 2.42 bits per heavy atom. The van der Waals surface area contributed by atoms with E-state index in [9.17, 15) is 13.2 Å². The van der Waals surface area contributed by atoms with E-state index in [-0.39, 0.29) is 11.5 Å². The van der Waals surface area contributed by atoms with Crippen molar-refractivity contribution in [1.29, 1.82) is 0 Å². The van der Waals surface area contributed by atoms with Crippen molar-refractivity contribution in [2.45, 2.75) is 18.4 Å². The van der Waals surface area contributed by atoms with Crippen LogP contribution in [0.1, 0.15) is 11.1 Å². The molecule has 0 unspecified atom stereocenters. The molecule has 0 aliphatic heterocycles. The largest absolute Gasteiger partial charge is 0.496 e. The molecule has 0 aliphatic rings. The van der Waals surface area contributed by atoms with Gasteiger partial charge in [-0.1, -0.05) is 29.3 Å². The maximum absolute atomic E-state index is 12.5. The number of esters is 1. The number of hydrogen-bond donors (Lipinski definition) is 0. The molecular formula is C18H20ClNO5S. The number of rotatable bonds is 7. The number of hydrogen-bond acceptors (Lipinski definition) is 5. The van der Waals surface area contributed by atoms with Gasteiger partial charge in [-0.15, -0.1) is 0 Å². The molecule has 0 N–H and O–H groups in total. The van der Waals surface area contributed by atoms with Crippen molar-refractivity contribution >= 4 is 27.6 Å². The second kappa shape index (κ2) is 8.53. The zero-order valence-corrected chi connectivity index (χ0v) is 16.3. The molecule has 26 heavy (non-hydrogen) atoms. The lowest BCUT2D eigenvalue weighted by Crippen LogP contribution is -2.33. The van der Waals surface area contributed by atoms with Gasteiger partial charge in [0.05, 0.1) is 12.0 Å². The highest BCUT2D eigenvalue weighted by atomic mass is 35.5. The summed E-state index contributed by atoms with van der Waals surface area (Å²) in [4.78, 5) is 12.2. The third-order valence-corrected chi connectivity index (χ3v) is 5.76. The second-order valence-electron chi connectivity index (χ2n) is 5.69. The molecule has 2 aromatic rings. The van der Waals surface area contributed by atoms with Gasteiger partial charge in [0.2, 0.25) is 10.0 Å². The molecule has 0 fully saturated rings. The predicted molar refractivity (Wildman–Crippen MR) is 98.8 cm³/mol. The smallest absolute Gasteiger partial charge is 0.321 e. The molecule has 0 aromatic heterocycles. The normalized spacial score (nSPS) is 11.4. The van der Waals surface area contributed by atoms with Gasteiger partial charge in [0.25, 0.3) is 0 Å². The molecule has 0 spiro atoms. The number of benzene rings is 2.